The molecule has 0 bridgehead atoms. The Hall–Kier alpha value is -4.08. The maximum absolute atomic E-state index is 12.7. The van der Waals surface area contributed by atoms with E-state index in [1.54, 1.807) is 12.1 Å². The third kappa shape index (κ3) is 4.66. The maximum atomic E-state index is 12.7. The van der Waals surface area contributed by atoms with Crippen LogP contribution in [0.2, 0.25) is 0 Å². The molecule has 0 fully saturated rings. The van der Waals surface area contributed by atoms with Gasteiger partial charge in [-0.15, -0.1) is 0 Å². The van der Waals surface area contributed by atoms with Gasteiger partial charge < -0.3 is 9.97 Å². The molecule has 34 heavy (non-hydrogen) atoms. The molecule has 0 aliphatic carbocycles. The molecule has 174 valence electrons. The van der Waals surface area contributed by atoms with Crippen LogP contribution in [0, 0.1) is 0 Å². The number of aromatic nitrogens is 2. The first-order valence-corrected chi connectivity index (χ1v) is 9.76. The lowest BCUT2D eigenvalue weighted by molar-refractivity contribution is -0.138. The van der Waals surface area contributed by atoms with E-state index in [2.05, 4.69) is 9.97 Å². The molecule has 10 heteroatoms. The standard InChI is InChI=1S/C24H14F6N2O2/c25-23(26,27)15-5-1-13(2-6-15)21(33)19-11-9-17(31-19)18-10-12-20(32-18)22(34)14-3-7-16(8-4-14)24(28,29)30/h1-12,31-32H. The number of carbonyl (C=O) groups excluding carboxylic acids is 2. The molecule has 0 saturated heterocycles. The van der Waals surface area contributed by atoms with E-state index in [0.29, 0.717) is 11.4 Å². The number of nitrogens with one attached hydrogen (secondary N) is 2. The van der Waals surface area contributed by atoms with Gasteiger partial charge in [0.15, 0.2) is 0 Å². The Balaban J connectivity index is 1.51. The molecule has 4 nitrogen and oxygen atoms in total. The van der Waals surface area contributed by atoms with Crippen LogP contribution in [0.25, 0.3) is 11.4 Å². The lowest BCUT2D eigenvalue weighted by Gasteiger charge is -2.07. The maximum Gasteiger partial charge on any atom is 0.416 e. The van der Waals surface area contributed by atoms with Gasteiger partial charge in [-0.1, -0.05) is 24.3 Å². The average molecular weight is 476 g/mol. The summed E-state index contributed by atoms with van der Waals surface area (Å²) in [7, 11) is 0. The van der Waals surface area contributed by atoms with Crippen LogP contribution >= 0.6 is 0 Å². The van der Waals surface area contributed by atoms with E-state index in [1.165, 1.54) is 12.1 Å². The van der Waals surface area contributed by atoms with Crippen molar-refractivity contribution >= 4 is 11.6 Å². The molecule has 0 atom stereocenters. The summed E-state index contributed by atoms with van der Waals surface area (Å²) in [5.41, 5.74) is -0.499. The van der Waals surface area contributed by atoms with E-state index in [9.17, 15) is 35.9 Å². The second-order valence-electron chi connectivity index (χ2n) is 7.38. The first-order chi connectivity index (χ1) is 15.9. The first kappa shape index (κ1) is 23.1. The highest BCUT2D eigenvalue weighted by Gasteiger charge is 2.31. The Labute approximate surface area is 188 Å². The van der Waals surface area contributed by atoms with Crippen LogP contribution in [0.4, 0.5) is 26.3 Å². The van der Waals surface area contributed by atoms with E-state index in [4.69, 9.17) is 0 Å². The van der Waals surface area contributed by atoms with E-state index in [0.717, 1.165) is 48.5 Å². The van der Waals surface area contributed by atoms with Gasteiger partial charge in [-0.3, -0.25) is 9.59 Å². The molecule has 0 radical (unpaired) electrons. The van der Waals surface area contributed by atoms with Gasteiger partial charge in [0.1, 0.15) is 0 Å². The molecular formula is C24H14F6N2O2. The lowest BCUT2D eigenvalue weighted by Crippen LogP contribution is -2.07. The van der Waals surface area contributed by atoms with Gasteiger partial charge in [-0.25, -0.2) is 0 Å². The number of aromatic amines is 2. The molecule has 0 unspecified atom stereocenters. The number of hydrogen-bond donors (Lipinski definition) is 2. The fourth-order valence-corrected chi connectivity index (χ4v) is 3.30. The highest BCUT2D eigenvalue weighted by molar-refractivity contribution is 6.09. The molecule has 2 N–H and O–H groups in total. The number of halogens is 6. The fraction of sp³-hybridized carbons (Fsp3) is 0.0833. The molecule has 4 aromatic rings. The quantitative estimate of drug-likeness (QED) is 0.255. The Morgan fingerprint density at radius 3 is 1.12 bits per heavy atom. The van der Waals surface area contributed by atoms with E-state index >= 15 is 0 Å². The van der Waals surface area contributed by atoms with Crippen molar-refractivity contribution in [3.05, 3.63) is 106 Å². The molecule has 0 saturated carbocycles. The van der Waals surface area contributed by atoms with Crippen LogP contribution in [0.3, 0.4) is 0 Å². The summed E-state index contributed by atoms with van der Waals surface area (Å²) in [6.07, 6.45) is -9.02. The smallest absolute Gasteiger partial charge is 0.351 e. The minimum Gasteiger partial charge on any atom is -0.351 e. The van der Waals surface area contributed by atoms with Crippen LogP contribution in [-0.4, -0.2) is 21.5 Å². The van der Waals surface area contributed by atoms with E-state index < -0.39 is 35.0 Å². The highest BCUT2D eigenvalue weighted by Crippen LogP contribution is 2.30. The third-order valence-electron chi connectivity index (χ3n) is 5.10. The third-order valence-corrected chi connectivity index (χ3v) is 5.10. The predicted molar refractivity (Wildman–Crippen MR) is 110 cm³/mol. The second kappa shape index (κ2) is 8.36. The van der Waals surface area contributed by atoms with Crippen molar-refractivity contribution in [3.63, 3.8) is 0 Å². The molecule has 0 aliphatic heterocycles. The van der Waals surface area contributed by atoms with Crippen molar-refractivity contribution < 1.29 is 35.9 Å². The lowest BCUT2D eigenvalue weighted by atomic mass is 10.1. The average Bonchev–Trinajstić information content (AvgIpc) is 3.47. The number of ketones is 2. The highest BCUT2D eigenvalue weighted by atomic mass is 19.4. The Bertz CT molecular complexity index is 1240. The minimum atomic E-state index is -4.51. The molecule has 0 amide bonds. The van der Waals surface area contributed by atoms with Crippen LogP contribution < -0.4 is 0 Å². The van der Waals surface area contributed by atoms with Crippen LogP contribution in [-0.2, 0) is 12.4 Å². The number of hydrogen-bond acceptors (Lipinski definition) is 2. The van der Waals surface area contributed by atoms with Crippen molar-refractivity contribution in [2.45, 2.75) is 12.4 Å². The SMILES string of the molecule is O=C(c1ccc(C(F)(F)F)cc1)c1ccc(-c2ccc(C(=O)c3ccc(C(F)(F)F)cc3)[nH]2)[nH]1. The zero-order valence-corrected chi connectivity index (χ0v) is 17.0. The number of alkyl halides is 6. The molecule has 2 heterocycles. The monoisotopic (exact) mass is 476 g/mol. The molecular weight excluding hydrogens is 462 g/mol. The largest absolute Gasteiger partial charge is 0.416 e. The van der Waals surface area contributed by atoms with Crippen molar-refractivity contribution in [2.24, 2.45) is 0 Å². The topological polar surface area (TPSA) is 65.7 Å². The van der Waals surface area contributed by atoms with Crippen molar-refractivity contribution in [1.82, 2.24) is 9.97 Å². The summed E-state index contributed by atoms with van der Waals surface area (Å²) in [5.74, 6) is -1.04. The Morgan fingerprint density at radius 1 is 0.500 bits per heavy atom. The van der Waals surface area contributed by atoms with Crippen molar-refractivity contribution in [2.75, 3.05) is 0 Å². The van der Waals surface area contributed by atoms with Gasteiger partial charge in [-0.05, 0) is 48.5 Å². The second-order valence-corrected chi connectivity index (χ2v) is 7.38. The molecule has 0 aliphatic rings. The number of rotatable bonds is 5. The van der Waals surface area contributed by atoms with E-state index in [-0.39, 0.29) is 22.5 Å². The summed E-state index contributed by atoms with van der Waals surface area (Å²) in [4.78, 5) is 30.9. The Kier molecular flexibility index (Phi) is 5.68. The number of carbonyl (C=O) groups is 2. The molecule has 0 spiro atoms. The fourth-order valence-electron chi connectivity index (χ4n) is 3.30. The van der Waals surface area contributed by atoms with Gasteiger partial charge >= 0.3 is 12.4 Å². The normalized spacial score (nSPS) is 12.1. The molecule has 2 aromatic heterocycles. The molecule has 2 aromatic carbocycles. The Morgan fingerprint density at radius 2 is 0.824 bits per heavy atom. The summed E-state index contributed by atoms with van der Waals surface area (Å²) in [6.45, 7) is 0. The summed E-state index contributed by atoms with van der Waals surface area (Å²) < 4.78 is 76.2. The minimum absolute atomic E-state index is 0.0612. The van der Waals surface area contributed by atoms with Crippen LogP contribution in [0.15, 0.2) is 72.8 Å². The number of H-pyrrole nitrogens is 2. The van der Waals surface area contributed by atoms with Gasteiger partial charge in [0.05, 0.1) is 33.9 Å². The van der Waals surface area contributed by atoms with Gasteiger partial charge in [0.2, 0.25) is 11.6 Å². The molecule has 4 rings (SSSR count). The van der Waals surface area contributed by atoms with Crippen molar-refractivity contribution in [3.8, 4) is 11.4 Å². The summed E-state index contributed by atoms with van der Waals surface area (Å²) in [5, 5.41) is 0. The van der Waals surface area contributed by atoms with Gasteiger partial charge in [0, 0.05) is 11.1 Å². The van der Waals surface area contributed by atoms with Crippen molar-refractivity contribution in [1.29, 1.82) is 0 Å². The summed E-state index contributed by atoms with van der Waals surface area (Å²) in [6, 6.07) is 13.6. The zero-order chi connectivity index (χ0) is 24.7. The first-order valence-electron chi connectivity index (χ1n) is 9.76. The zero-order valence-electron chi connectivity index (χ0n) is 17.0. The summed E-state index contributed by atoms with van der Waals surface area (Å²) >= 11 is 0. The van der Waals surface area contributed by atoms with Crippen LogP contribution in [0.1, 0.15) is 43.2 Å². The van der Waals surface area contributed by atoms with Crippen LogP contribution in [0.5, 0.6) is 0 Å². The van der Waals surface area contributed by atoms with Gasteiger partial charge in [0.25, 0.3) is 0 Å². The van der Waals surface area contributed by atoms with Gasteiger partial charge in [-0.2, -0.15) is 26.3 Å². The predicted octanol–water partition coefficient (Wildman–Crippen LogP) is 6.51. The number of benzene rings is 2. The van der Waals surface area contributed by atoms with E-state index in [1.807, 2.05) is 0 Å².